The molecule has 4 rings (SSSR count). The van der Waals surface area contributed by atoms with Crippen molar-refractivity contribution in [3.8, 4) is 5.75 Å². The number of hydrazine groups is 1. The predicted molar refractivity (Wildman–Crippen MR) is 141 cm³/mol. The maximum atomic E-state index is 14.7. The highest BCUT2D eigenvalue weighted by Crippen LogP contribution is 2.30. The van der Waals surface area contributed by atoms with Crippen LogP contribution >= 0.6 is 11.6 Å². The Bertz CT molecular complexity index is 1140. The summed E-state index contributed by atoms with van der Waals surface area (Å²) in [4.78, 5) is 14.7. The molecule has 1 amide bonds. The molecular formula is C26H32ClFN6O2. The van der Waals surface area contributed by atoms with E-state index in [0.717, 1.165) is 47.7 Å². The number of hydrogen-bond acceptors (Lipinski definition) is 6. The molecule has 2 aromatic rings. The van der Waals surface area contributed by atoms with E-state index in [9.17, 15) is 9.18 Å². The van der Waals surface area contributed by atoms with E-state index in [-0.39, 0.29) is 22.2 Å². The van der Waals surface area contributed by atoms with Gasteiger partial charge in [0.1, 0.15) is 12.1 Å². The lowest BCUT2D eigenvalue weighted by atomic mass is 9.95. The molecule has 192 valence electrons. The Morgan fingerprint density at radius 1 is 1.31 bits per heavy atom. The van der Waals surface area contributed by atoms with Gasteiger partial charge in [0.05, 0.1) is 17.3 Å². The standard InChI is InChI=1S/C26H32ClFN6O2/c27-22-5-6-23(34(30)17-32-29)21(26(22)28)4-7-25(35)33-14-10-20-19(16-33)2-1-3-24(20)36-15-11-18-8-12-31-13-9-18/h1-7,17-18,31H,8-16,29-30H2/b7-4+,32-17-. The average molecular weight is 515 g/mol. The smallest absolute Gasteiger partial charge is 0.246 e. The summed E-state index contributed by atoms with van der Waals surface area (Å²) in [6.45, 7) is 3.87. The summed E-state index contributed by atoms with van der Waals surface area (Å²) < 4.78 is 20.9. The number of hydrazone groups is 1. The van der Waals surface area contributed by atoms with Crippen molar-refractivity contribution in [2.75, 3.05) is 31.3 Å². The number of anilines is 1. The minimum absolute atomic E-state index is 0.0695. The summed E-state index contributed by atoms with van der Waals surface area (Å²) in [7, 11) is 0. The van der Waals surface area contributed by atoms with E-state index in [4.69, 9.17) is 28.0 Å². The van der Waals surface area contributed by atoms with Crippen molar-refractivity contribution < 1.29 is 13.9 Å². The maximum absolute atomic E-state index is 14.7. The number of ether oxygens (including phenoxy) is 1. The number of fused-ring (bicyclic) bond motifs is 1. The van der Waals surface area contributed by atoms with Crippen LogP contribution < -0.4 is 26.7 Å². The summed E-state index contributed by atoms with van der Waals surface area (Å²) in [5.74, 6) is 11.7. The second kappa shape index (κ2) is 12.2. The molecule has 1 saturated heterocycles. The summed E-state index contributed by atoms with van der Waals surface area (Å²) in [6, 6.07) is 8.89. The second-order valence-corrected chi connectivity index (χ2v) is 9.44. The van der Waals surface area contributed by atoms with Gasteiger partial charge in [-0.15, -0.1) is 0 Å². The minimum Gasteiger partial charge on any atom is -0.493 e. The number of carbonyl (C=O) groups is 1. The van der Waals surface area contributed by atoms with E-state index < -0.39 is 5.82 Å². The number of nitrogens with zero attached hydrogens (tertiary/aromatic N) is 3. The number of rotatable bonds is 8. The number of piperidine rings is 1. The van der Waals surface area contributed by atoms with Crippen LogP contribution in [0.15, 0.2) is 41.5 Å². The van der Waals surface area contributed by atoms with E-state index >= 15 is 0 Å². The number of halogens is 2. The zero-order chi connectivity index (χ0) is 25.5. The molecule has 5 N–H and O–H groups in total. The molecule has 0 spiro atoms. The highest BCUT2D eigenvalue weighted by atomic mass is 35.5. The first-order valence-electron chi connectivity index (χ1n) is 12.1. The van der Waals surface area contributed by atoms with Crippen LogP contribution in [0.2, 0.25) is 5.02 Å². The lowest BCUT2D eigenvalue weighted by Gasteiger charge is -2.29. The summed E-state index contributed by atoms with van der Waals surface area (Å²) in [5, 5.41) is 7.73. The van der Waals surface area contributed by atoms with Crippen molar-refractivity contribution in [1.82, 2.24) is 10.2 Å². The molecule has 0 saturated carbocycles. The summed E-state index contributed by atoms with van der Waals surface area (Å²) in [6.07, 6.45) is 7.99. The Balaban J connectivity index is 1.42. The largest absolute Gasteiger partial charge is 0.493 e. The molecule has 10 heteroatoms. The van der Waals surface area contributed by atoms with Crippen LogP contribution in [0.25, 0.3) is 6.08 Å². The van der Waals surface area contributed by atoms with Gasteiger partial charge >= 0.3 is 0 Å². The third-order valence-corrected chi connectivity index (χ3v) is 7.04. The highest BCUT2D eigenvalue weighted by molar-refractivity contribution is 6.31. The maximum Gasteiger partial charge on any atom is 0.246 e. The van der Waals surface area contributed by atoms with E-state index in [2.05, 4.69) is 10.4 Å². The lowest BCUT2D eigenvalue weighted by molar-refractivity contribution is -0.126. The van der Waals surface area contributed by atoms with Crippen LogP contribution in [0.1, 0.15) is 36.0 Å². The first kappa shape index (κ1) is 25.9. The van der Waals surface area contributed by atoms with Crippen molar-refractivity contribution in [1.29, 1.82) is 0 Å². The van der Waals surface area contributed by atoms with Crippen LogP contribution in [0.3, 0.4) is 0 Å². The van der Waals surface area contributed by atoms with E-state index in [1.807, 2.05) is 18.2 Å². The molecule has 0 bridgehead atoms. The minimum atomic E-state index is -0.686. The molecule has 8 nitrogen and oxygen atoms in total. The molecule has 0 aromatic heterocycles. The van der Waals surface area contributed by atoms with Gasteiger partial charge in [-0.2, -0.15) is 5.10 Å². The first-order chi connectivity index (χ1) is 17.5. The van der Waals surface area contributed by atoms with E-state index in [0.29, 0.717) is 32.0 Å². The fourth-order valence-electron chi connectivity index (χ4n) is 4.74. The van der Waals surface area contributed by atoms with E-state index in [1.165, 1.54) is 37.1 Å². The predicted octanol–water partition coefficient (Wildman–Crippen LogP) is 3.43. The van der Waals surface area contributed by atoms with Crippen molar-refractivity contribution in [3.05, 3.63) is 63.9 Å². The Morgan fingerprint density at radius 2 is 2.11 bits per heavy atom. The fraction of sp³-hybridized carbons (Fsp3) is 0.385. The molecule has 0 atom stereocenters. The number of benzene rings is 2. The number of amides is 1. The van der Waals surface area contributed by atoms with Gasteiger partial charge in [-0.1, -0.05) is 23.7 Å². The molecule has 36 heavy (non-hydrogen) atoms. The van der Waals surface area contributed by atoms with Crippen LogP contribution in [0, 0.1) is 11.7 Å². The van der Waals surface area contributed by atoms with Crippen LogP contribution in [-0.4, -0.2) is 43.4 Å². The normalized spacial score (nSPS) is 16.5. The number of carbonyl (C=O) groups excluding carboxylic acids is 1. The number of nitrogens with one attached hydrogen (secondary N) is 1. The third kappa shape index (κ3) is 6.16. The SMILES string of the molecule is N/N=C\N(N)c1ccc(Cl)c(F)c1/C=C/C(=O)N1CCc2c(cccc2OCCC2CCNCC2)C1. The van der Waals surface area contributed by atoms with Crippen molar-refractivity contribution in [2.45, 2.75) is 32.2 Å². The van der Waals surface area contributed by atoms with Crippen LogP contribution in [-0.2, 0) is 17.8 Å². The Hall–Kier alpha value is -3.14. The molecule has 0 unspecified atom stereocenters. The summed E-state index contributed by atoms with van der Waals surface area (Å²) >= 11 is 5.95. The Morgan fingerprint density at radius 3 is 2.89 bits per heavy atom. The van der Waals surface area contributed by atoms with Gasteiger partial charge in [0.15, 0.2) is 5.82 Å². The quantitative estimate of drug-likeness (QED) is 0.164. The van der Waals surface area contributed by atoms with Crippen molar-refractivity contribution >= 4 is 35.6 Å². The van der Waals surface area contributed by atoms with Gasteiger partial charge in [0.2, 0.25) is 5.91 Å². The third-order valence-electron chi connectivity index (χ3n) is 6.75. The Labute approximate surface area is 215 Å². The fourth-order valence-corrected chi connectivity index (χ4v) is 4.90. The monoisotopic (exact) mass is 514 g/mol. The van der Waals surface area contributed by atoms with Crippen LogP contribution in [0.5, 0.6) is 5.75 Å². The molecule has 2 aliphatic heterocycles. The van der Waals surface area contributed by atoms with Gasteiger partial charge in [0, 0.05) is 30.3 Å². The lowest BCUT2D eigenvalue weighted by Crippen LogP contribution is -2.35. The molecule has 2 heterocycles. The highest BCUT2D eigenvalue weighted by Gasteiger charge is 2.23. The zero-order valence-corrected chi connectivity index (χ0v) is 20.9. The second-order valence-electron chi connectivity index (χ2n) is 9.03. The molecular weight excluding hydrogens is 483 g/mol. The van der Waals surface area contributed by atoms with E-state index in [1.54, 1.807) is 4.90 Å². The zero-order valence-electron chi connectivity index (χ0n) is 20.1. The van der Waals surface area contributed by atoms with Gasteiger partial charge in [-0.3, -0.25) is 9.80 Å². The van der Waals surface area contributed by atoms with Crippen molar-refractivity contribution in [2.24, 2.45) is 22.7 Å². The van der Waals surface area contributed by atoms with Crippen molar-refractivity contribution in [3.63, 3.8) is 0 Å². The molecule has 0 aliphatic carbocycles. The topological polar surface area (TPSA) is 109 Å². The average Bonchev–Trinajstić information content (AvgIpc) is 2.89. The van der Waals surface area contributed by atoms with Gasteiger partial charge in [0.25, 0.3) is 0 Å². The van der Waals surface area contributed by atoms with Gasteiger partial charge in [-0.05, 0) is 74.5 Å². The Kier molecular flexibility index (Phi) is 8.79. The first-order valence-corrected chi connectivity index (χ1v) is 12.5. The molecule has 2 aromatic carbocycles. The molecule has 2 aliphatic rings. The number of hydrogen-bond donors (Lipinski definition) is 3. The van der Waals surface area contributed by atoms with Gasteiger partial charge < -0.3 is 20.8 Å². The summed E-state index contributed by atoms with van der Waals surface area (Å²) in [5.41, 5.74) is 2.55. The number of nitrogens with two attached hydrogens (primary N) is 2. The molecule has 1 fully saturated rings. The van der Waals surface area contributed by atoms with Crippen LogP contribution in [0.4, 0.5) is 10.1 Å². The van der Waals surface area contributed by atoms with Gasteiger partial charge in [-0.25, -0.2) is 10.2 Å². The molecule has 0 radical (unpaired) electrons.